The molecule has 0 aromatic rings. The number of amides is 2. The zero-order chi connectivity index (χ0) is 13.8. The molecule has 0 aliphatic carbocycles. The maximum atomic E-state index is 12.7. The van der Waals surface area contributed by atoms with Crippen molar-refractivity contribution in [2.24, 2.45) is 5.92 Å². The second-order valence-electron chi connectivity index (χ2n) is 6.49. The highest BCUT2D eigenvalue weighted by atomic mass is 16.2. The molecule has 0 saturated carbocycles. The molecule has 110 valence electrons. The van der Waals surface area contributed by atoms with Crippen molar-refractivity contribution in [1.82, 2.24) is 15.1 Å². The Labute approximate surface area is 117 Å². The smallest absolute Gasteiger partial charge is 0.320 e. The van der Waals surface area contributed by atoms with Crippen molar-refractivity contribution >= 4 is 6.03 Å². The monoisotopic (exact) mass is 267 g/mol. The molecule has 0 aromatic carbocycles. The fraction of sp³-hybridized carbons (Fsp3) is 0.933. The highest BCUT2D eigenvalue weighted by Crippen LogP contribution is 2.19. The lowest BCUT2D eigenvalue weighted by atomic mass is 9.99. The van der Waals surface area contributed by atoms with Crippen molar-refractivity contribution < 1.29 is 4.79 Å². The molecule has 19 heavy (non-hydrogen) atoms. The third kappa shape index (κ3) is 3.85. The van der Waals surface area contributed by atoms with Crippen LogP contribution in [-0.4, -0.2) is 54.1 Å². The summed E-state index contributed by atoms with van der Waals surface area (Å²) >= 11 is 0. The maximum Gasteiger partial charge on any atom is 0.320 e. The average molecular weight is 267 g/mol. The first-order valence-electron chi connectivity index (χ1n) is 7.87. The van der Waals surface area contributed by atoms with Crippen LogP contribution in [0.25, 0.3) is 0 Å². The number of piperidine rings is 1. The molecule has 1 atom stereocenters. The molecule has 2 aliphatic rings. The van der Waals surface area contributed by atoms with Gasteiger partial charge in [-0.1, -0.05) is 6.92 Å². The molecule has 0 aromatic heterocycles. The van der Waals surface area contributed by atoms with Crippen LogP contribution in [0.4, 0.5) is 4.79 Å². The first-order valence-corrected chi connectivity index (χ1v) is 7.87. The Morgan fingerprint density at radius 1 is 1.32 bits per heavy atom. The summed E-state index contributed by atoms with van der Waals surface area (Å²) in [5.74, 6) is 0.771. The normalized spacial score (nSPS) is 25.1. The Balaban J connectivity index is 1.91. The standard InChI is InChI=1S/C15H29N3O/c1-12(2)18(11-14-5-4-8-16-14)15(19)17-9-6-13(3)7-10-17/h12-14,16H,4-11H2,1-3H3. The molecule has 4 nitrogen and oxygen atoms in total. The van der Waals surface area contributed by atoms with Gasteiger partial charge in [0.1, 0.15) is 0 Å². The number of hydrogen-bond donors (Lipinski definition) is 1. The summed E-state index contributed by atoms with van der Waals surface area (Å²) in [4.78, 5) is 16.8. The van der Waals surface area contributed by atoms with Crippen molar-refractivity contribution in [2.75, 3.05) is 26.2 Å². The lowest BCUT2D eigenvalue weighted by Crippen LogP contribution is -2.52. The molecule has 0 bridgehead atoms. The minimum absolute atomic E-state index is 0.246. The van der Waals surface area contributed by atoms with Gasteiger partial charge in [-0.2, -0.15) is 0 Å². The van der Waals surface area contributed by atoms with Crippen molar-refractivity contribution in [3.63, 3.8) is 0 Å². The predicted octanol–water partition coefficient (Wildman–Crippen LogP) is 2.30. The Morgan fingerprint density at radius 3 is 2.53 bits per heavy atom. The van der Waals surface area contributed by atoms with Gasteiger partial charge in [0.2, 0.25) is 0 Å². The molecule has 2 aliphatic heterocycles. The Hall–Kier alpha value is -0.770. The second kappa shape index (κ2) is 6.60. The van der Waals surface area contributed by atoms with E-state index in [1.165, 1.54) is 12.8 Å². The van der Waals surface area contributed by atoms with Crippen molar-refractivity contribution in [3.8, 4) is 0 Å². The number of likely N-dealkylation sites (tertiary alicyclic amines) is 1. The van der Waals surface area contributed by atoms with Crippen molar-refractivity contribution in [2.45, 2.75) is 58.5 Å². The van der Waals surface area contributed by atoms with Gasteiger partial charge in [-0.3, -0.25) is 0 Å². The van der Waals surface area contributed by atoms with Gasteiger partial charge >= 0.3 is 6.03 Å². The summed E-state index contributed by atoms with van der Waals surface area (Å²) in [5.41, 5.74) is 0. The summed E-state index contributed by atoms with van der Waals surface area (Å²) in [7, 11) is 0. The van der Waals surface area contributed by atoms with E-state index >= 15 is 0 Å². The van der Waals surface area contributed by atoms with Gasteiger partial charge in [0, 0.05) is 31.7 Å². The van der Waals surface area contributed by atoms with Gasteiger partial charge in [-0.15, -0.1) is 0 Å². The van der Waals surface area contributed by atoms with Gasteiger partial charge < -0.3 is 15.1 Å². The van der Waals surface area contributed by atoms with E-state index < -0.39 is 0 Å². The summed E-state index contributed by atoms with van der Waals surface area (Å²) in [6, 6.07) is 1.03. The van der Waals surface area contributed by atoms with E-state index in [2.05, 4.69) is 35.9 Å². The largest absolute Gasteiger partial charge is 0.325 e. The van der Waals surface area contributed by atoms with E-state index in [1.54, 1.807) is 0 Å². The fourth-order valence-electron chi connectivity index (χ4n) is 3.04. The van der Waals surface area contributed by atoms with Gasteiger partial charge in [0.05, 0.1) is 0 Å². The van der Waals surface area contributed by atoms with Gasteiger partial charge in [-0.05, 0) is 52.0 Å². The van der Waals surface area contributed by atoms with Crippen LogP contribution in [0.15, 0.2) is 0 Å². The molecule has 0 spiro atoms. The van der Waals surface area contributed by atoms with E-state index in [-0.39, 0.29) is 12.1 Å². The molecule has 0 radical (unpaired) electrons. The minimum atomic E-state index is 0.246. The molecule has 1 N–H and O–H groups in total. The number of carbonyl (C=O) groups excluding carboxylic acids is 1. The third-order valence-corrected chi connectivity index (χ3v) is 4.50. The minimum Gasteiger partial charge on any atom is -0.325 e. The third-order valence-electron chi connectivity index (χ3n) is 4.50. The van der Waals surface area contributed by atoms with Gasteiger partial charge in [0.15, 0.2) is 0 Å². The molecular formula is C15H29N3O. The Bertz CT molecular complexity index is 292. The van der Waals surface area contributed by atoms with Crippen molar-refractivity contribution in [1.29, 1.82) is 0 Å². The fourth-order valence-corrected chi connectivity index (χ4v) is 3.04. The first-order chi connectivity index (χ1) is 9.08. The molecule has 1 unspecified atom stereocenters. The Morgan fingerprint density at radius 2 is 2.00 bits per heavy atom. The number of urea groups is 1. The lowest BCUT2D eigenvalue weighted by Gasteiger charge is -2.37. The predicted molar refractivity (Wildman–Crippen MR) is 78.2 cm³/mol. The molecular weight excluding hydrogens is 238 g/mol. The van der Waals surface area contributed by atoms with Gasteiger partial charge in [0.25, 0.3) is 0 Å². The van der Waals surface area contributed by atoms with E-state index in [1.807, 2.05) is 0 Å². The van der Waals surface area contributed by atoms with Crippen LogP contribution in [0.5, 0.6) is 0 Å². The molecule has 2 heterocycles. The zero-order valence-electron chi connectivity index (χ0n) is 12.7. The van der Waals surface area contributed by atoms with E-state index in [0.717, 1.165) is 44.9 Å². The molecule has 4 heteroatoms. The number of hydrogen-bond acceptors (Lipinski definition) is 2. The number of nitrogens with zero attached hydrogens (tertiary/aromatic N) is 2. The van der Waals surface area contributed by atoms with E-state index in [4.69, 9.17) is 0 Å². The zero-order valence-corrected chi connectivity index (χ0v) is 12.7. The summed E-state index contributed by atoms with van der Waals surface area (Å²) in [6.07, 6.45) is 4.75. The van der Waals surface area contributed by atoms with E-state index in [0.29, 0.717) is 6.04 Å². The number of carbonyl (C=O) groups is 1. The summed E-state index contributed by atoms with van der Waals surface area (Å²) in [5, 5.41) is 3.49. The molecule has 2 saturated heterocycles. The number of nitrogens with one attached hydrogen (secondary N) is 1. The molecule has 2 fully saturated rings. The molecule has 2 rings (SSSR count). The SMILES string of the molecule is CC1CCN(C(=O)N(CC2CCCN2)C(C)C)CC1. The second-order valence-corrected chi connectivity index (χ2v) is 6.49. The topological polar surface area (TPSA) is 35.6 Å². The van der Waals surface area contributed by atoms with Crippen LogP contribution >= 0.6 is 0 Å². The van der Waals surface area contributed by atoms with E-state index in [9.17, 15) is 4.79 Å². The Kier molecular flexibility index (Phi) is 5.08. The van der Waals surface area contributed by atoms with Crippen molar-refractivity contribution in [3.05, 3.63) is 0 Å². The van der Waals surface area contributed by atoms with Crippen LogP contribution in [-0.2, 0) is 0 Å². The highest BCUT2D eigenvalue weighted by Gasteiger charge is 2.28. The molecule has 2 amide bonds. The van der Waals surface area contributed by atoms with Crippen LogP contribution in [0.2, 0.25) is 0 Å². The summed E-state index contributed by atoms with van der Waals surface area (Å²) < 4.78 is 0. The summed E-state index contributed by atoms with van der Waals surface area (Å²) in [6.45, 7) is 10.4. The quantitative estimate of drug-likeness (QED) is 0.851. The average Bonchev–Trinajstić information content (AvgIpc) is 2.88. The first kappa shape index (κ1) is 14.6. The van der Waals surface area contributed by atoms with Crippen LogP contribution < -0.4 is 5.32 Å². The number of rotatable bonds is 3. The van der Waals surface area contributed by atoms with Crippen LogP contribution in [0, 0.1) is 5.92 Å². The lowest BCUT2D eigenvalue weighted by molar-refractivity contribution is 0.119. The van der Waals surface area contributed by atoms with Crippen LogP contribution in [0.3, 0.4) is 0 Å². The highest BCUT2D eigenvalue weighted by molar-refractivity contribution is 5.75. The van der Waals surface area contributed by atoms with Gasteiger partial charge in [-0.25, -0.2) is 4.79 Å². The van der Waals surface area contributed by atoms with Crippen LogP contribution in [0.1, 0.15) is 46.5 Å². The maximum absolute atomic E-state index is 12.7.